The van der Waals surface area contributed by atoms with Gasteiger partial charge < -0.3 is 5.11 Å². The van der Waals surface area contributed by atoms with Gasteiger partial charge in [0.25, 0.3) is 0 Å². The zero-order valence-corrected chi connectivity index (χ0v) is 8.57. The Bertz CT molecular complexity index is 418. The fourth-order valence-electron chi connectivity index (χ4n) is 2.67. The molecule has 1 aromatic rings. The lowest BCUT2D eigenvalue weighted by Gasteiger charge is -2.32. The summed E-state index contributed by atoms with van der Waals surface area (Å²) in [6, 6.07) is 8.39. The second-order valence-electron chi connectivity index (χ2n) is 4.89. The van der Waals surface area contributed by atoms with Gasteiger partial charge in [-0.25, -0.2) is 0 Å². The summed E-state index contributed by atoms with van der Waals surface area (Å²) >= 11 is 0. The molecule has 0 heterocycles. The molecule has 2 heteroatoms. The highest BCUT2D eigenvalue weighted by Crippen LogP contribution is 2.55. The van der Waals surface area contributed by atoms with E-state index >= 15 is 0 Å². The van der Waals surface area contributed by atoms with Gasteiger partial charge in [-0.05, 0) is 42.7 Å². The van der Waals surface area contributed by atoms with Gasteiger partial charge in [-0.15, -0.1) is 0 Å². The molecule has 1 saturated carbocycles. The van der Waals surface area contributed by atoms with Crippen LogP contribution in [0.15, 0.2) is 24.3 Å². The van der Waals surface area contributed by atoms with E-state index in [4.69, 9.17) is 5.11 Å². The van der Waals surface area contributed by atoms with Crippen LogP contribution in [0.3, 0.4) is 0 Å². The summed E-state index contributed by atoms with van der Waals surface area (Å²) in [6.07, 6.45) is 3.67. The minimum atomic E-state index is -0.591. The number of benzene rings is 1. The second-order valence-corrected chi connectivity index (χ2v) is 4.89. The van der Waals surface area contributed by atoms with E-state index in [2.05, 4.69) is 18.2 Å². The van der Waals surface area contributed by atoms with Crippen LogP contribution < -0.4 is 0 Å². The third kappa shape index (κ3) is 1.28. The van der Waals surface area contributed by atoms with Crippen LogP contribution in [-0.2, 0) is 11.2 Å². The van der Waals surface area contributed by atoms with E-state index < -0.39 is 5.97 Å². The van der Waals surface area contributed by atoms with E-state index in [1.54, 1.807) is 0 Å². The molecule has 0 saturated heterocycles. The van der Waals surface area contributed by atoms with Gasteiger partial charge >= 0.3 is 5.97 Å². The van der Waals surface area contributed by atoms with Crippen molar-refractivity contribution in [2.75, 3.05) is 0 Å². The summed E-state index contributed by atoms with van der Waals surface area (Å²) in [7, 11) is 0. The molecule has 1 atom stereocenters. The predicted octanol–water partition coefficient (Wildman–Crippen LogP) is 2.58. The molecule has 1 aromatic carbocycles. The average molecular weight is 202 g/mol. The number of hydrogen-bond donors (Lipinski definition) is 1. The van der Waals surface area contributed by atoms with Crippen LogP contribution in [0.2, 0.25) is 0 Å². The van der Waals surface area contributed by atoms with Crippen molar-refractivity contribution in [3.63, 3.8) is 0 Å². The number of aliphatic carboxylic acids is 1. The van der Waals surface area contributed by atoms with Crippen molar-refractivity contribution in [1.29, 1.82) is 0 Å². The number of carbonyl (C=O) groups is 1. The first-order valence-electron chi connectivity index (χ1n) is 5.52. The number of rotatable bonds is 3. The molecule has 0 aliphatic heterocycles. The van der Waals surface area contributed by atoms with E-state index in [9.17, 15) is 4.79 Å². The molecular weight excluding hydrogens is 188 g/mol. The molecule has 0 bridgehead atoms. The average Bonchev–Trinajstić information content (AvgIpc) is 2.95. The van der Waals surface area contributed by atoms with Gasteiger partial charge in [-0.1, -0.05) is 24.3 Å². The number of fused-ring (bicyclic) bond motifs is 1. The van der Waals surface area contributed by atoms with Crippen LogP contribution in [-0.4, -0.2) is 11.1 Å². The van der Waals surface area contributed by atoms with Gasteiger partial charge in [0.05, 0.1) is 5.41 Å². The smallest absolute Gasteiger partial charge is 0.309 e. The molecule has 1 N–H and O–H groups in total. The Hall–Kier alpha value is -1.31. The Morgan fingerprint density at radius 2 is 2.13 bits per heavy atom. The topological polar surface area (TPSA) is 37.3 Å². The van der Waals surface area contributed by atoms with Gasteiger partial charge in [0.2, 0.25) is 0 Å². The standard InChI is InChI=1S/C13H14O2/c14-12(15)13(5-6-13)8-10-7-9-3-1-2-4-11(9)10/h1-4,10H,5-8H2,(H,14,15). The maximum absolute atomic E-state index is 11.1. The van der Waals surface area contributed by atoms with Crippen molar-refractivity contribution in [3.05, 3.63) is 35.4 Å². The van der Waals surface area contributed by atoms with E-state index in [1.165, 1.54) is 11.1 Å². The number of carboxylic acids is 1. The summed E-state index contributed by atoms with van der Waals surface area (Å²) in [5.74, 6) is -0.0910. The first-order valence-corrected chi connectivity index (χ1v) is 5.52. The summed E-state index contributed by atoms with van der Waals surface area (Å²) in [5, 5.41) is 9.12. The normalized spacial score (nSPS) is 25.2. The fraction of sp³-hybridized carbons (Fsp3) is 0.462. The van der Waals surface area contributed by atoms with Gasteiger partial charge in [0.15, 0.2) is 0 Å². The molecule has 78 valence electrons. The maximum atomic E-state index is 11.1. The second kappa shape index (κ2) is 2.84. The van der Waals surface area contributed by atoms with Crippen LogP contribution in [0.5, 0.6) is 0 Å². The first-order chi connectivity index (χ1) is 7.21. The van der Waals surface area contributed by atoms with E-state index in [-0.39, 0.29) is 5.41 Å². The van der Waals surface area contributed by atoms with Gasteiger partial charge in [0.1, 0.15) is 0 Å². The Balaban J connectivity index is 1.76. The predicted molar refractivity (Wildman–Crippen MR) is 56.8 cm³/mol. The summed E-state index contributed by atoms with van der Waals surface area (Å²) < 4.78 is 0. The number of carboxylic acid groups (broad SMARTS) is 1. The molecule has 2 nitrogen and oxygen atoms in total. The highest BCUT2D eigenvalue weighted by Gasteiger charge is 2.52. The quantitative estimate of drug-likeness (QED) is 0.818. The zero-order chi connectivity index (χ0) is 10.5. The Kier molecular flexibility index (Phi) is 1.70. The highest BCUT2D eigenvalue weighted by atomic mass is 16.4. The minimum absolute atomic E-state index is 0.363. The Morgan fingerprint density at radius 3 is 2.73 bits per heavy atom. The molecule has 2 aliphatic rings. The van der Waals surface area contributed by atoms with E-state index in [0.717, 1.165) is 25.7 Å². The summed E-state index contributed by atoms with van der Waals surface area (Å²) in [5.41, 5.74) is 2.42. The highest BCUT2D eigenvalue weighted by molar-refractivity contribution is 5.78. The molecular formula is C13H14O2. The Labute approximate surface area is 88.9 Å². The zero-order valence-electron chi connectivity index (χ0n) is 8.57. The lowest BCUT2D eigenvalue weighted by Crippen LogP contribution is -2.24. The third-order valence-electron chi connectivity index (χ3n) is 3.91. The minimum Gasteiger partial charge on any atom is -0.481 e. The molecule has 1 unspecified atom stereocenters. The molecule has 0 spiro atoms. The SMILES string of the molecule is O=C(O)C1(CC2Cc3ccccc32)CC1. The van der Waals surface area contributed by atoms with Gasteiger partial charge in [0, 0.05) is 0 Å². The lowest BCUT2D eigenvalue weighted by molar-refractivity contribution is -0.143. The molecule has 0 aromatic heterocycles. The van der Waals surface area contributed by atoms with Crippen molar-refractivity contribution in [2.24, 2.45) is 5.41 Å². The lowest BCUT2D eigenvalue weighted by atomic mass is 9.72. The summed E-state index contributed by atoms with van der Waals surface area (Å²) in [6.45, 7) is 0. The third-order valence-corrected chi connectivity index (χ3v) is 3.91. The number of hydrogen-bond acceptors (Lipinski definition) is 1. The monoisotopic (exact) mass is 202 g/mol. The Morgan fingerprint density at radius 1 is 1.40 bits per heavy atom. The fourth-order valence-corrected chi connectivity index (χ4v) is 2.67. The molecule has 2 aliphatic carbocycles. The largest absolute Gasteiger partial charge is 0.481 e. The van der Waals surface area contributed by atoms with Gasteiger partial charge in [-0.2, -0.15) is 0 Å². The van der Waals surface area contributed by atoms with Crippen LogP contribution in [0, 0.1) is 5.41 Å². The van der Waals surface area contributed by atoms with Crippen molar-refractivity contribution in [2.45, 2.75) is 31.6 Å². The van der Waals surface area contributed by atoms with Crippen LogP contribution in [0.4, 0.5) is 0 Å². The van der Waals surface area contributed by atoms with Crippen LogP contribution in [0.25, 0.3) is 0 Å². The van der Waals surface area contributed by atoms with E-state index in [1.807, 2.05) is 6.07 Å². The van der Waals surface area contributed by atoms with Crippen molar-refractivity contribution < 1.29 is 9.90 Å². The van der Waals surface area contributed by atoms with Gasteiger partial charge in [-0.3, -0.25) is 4.79 Å². The molecule has 0 amide bonds. The maximum Gasteiger partial charge on any atom is 0.309 e. The summed E-state index contributed by atoms with van der Waals surface area (Å²) in [4.78, 5) is 11.1. The molecule has 1 fully saturated rings. The van der Waals surface area contributed by atoms with Crippen molar-refractivity contribution in [3.8, 4) is 0 Å². The molecule has 3 rings (SSSR count). The van der Waals surface area contributed by atoms with Crippen LogP contribution in [0.1, 0.15) is 36.3 Å². The van der Waals surface area contributed by atoms with E-state index in [0.29, 0.717) is 5.92 Å². The van der Waals surface area contributed by atoms with Crippen LogP contribution >= 0.6 is 0 Å². The van der Waals surface area contributed by atoms with Crippen molar-refractivity contribution >= 4 is 5.97 Å². The van der Waals surface area contributed by atoms with Crippen molar-refractivity contribution in [1.82, 2.24) is 0 Å². The molecule has 0 radical (unpaired) electrons. The molecule has 15 heavy (non-hydrogen) atoms. The first kappa shape index (κ1) is 8.96.